The van der Waals surface area contributed by atoms with Gasteiger partial charge in [-0.25, -0.2) is 8.78 Å². The Morgan fingerprint density at radius 2 is 2.00 bits per heavy atom. The number of aryl methyl sites for hydroxylation is 1. The summed E-state index contributed by atoms with van der Waals surface area (Å²) < 4.78 is 27.9. The van der Waals surface area contributed by atoms with Crippen LogP contribution in [0.3, 0.4) is 0 Å². The van der Waals surface area contributed by atoms with E-state index in [1.54, 1.807) is 19.1 Å². The maximum absolute atomic E-state index is 14.2. The van der Waals surface area contributed by atoms with E-state index >= 15 is 0 Å². The van der Waals surface area contributed by atoms with Crippen molar-refractivity contribution in [3.05, 3.63) is 34.9 Å². The van der Waals surface area contributed by atoms with Crippen LogP contribution in [0, 0.1) is 24.5 Å². The van der Waals surface area contributed by atoms with Gasteiger partial charge in [-0.15, -0.1) is 0 Å². The number of nitrogens with one attached hydrogen (secondary N) is 1. The maximum Gasteiger partial charge on any atom is 0.164 e. The largest absolute Gasteiger partial charge is 0.307 e. The van der Waals surface area contributed by atoms with Gasteiger partial charge in [0.1, 0.15) is 0 Å². The SMILES string of the molecule is Cc1ccc(C2(CC(C)C)CCCN2)c(F)c1F. The lowest BCUT2D eigenvalue weighted by molar-refractivity contribution is 0.296. The summed E-state index contributed by atoms with van der Waals surface area (Å²) in [6, 6.07) is 3.42. The first-order chi connectivity index (χ1) is 8.46. The van der Waals surface area contributed by atoms with Crippen molar-refractivity contribution in [2.45, 2.75) is 45.6 Å². The van der Waals surface area contributed by atoms with Crippen molar-refractivity contribution in [3.63, 3.8) is 0 Å². The Bertz CT molecular complexity index is 434. The molecule has 1 nitrogen and oxygen atoms in total. The lowest BCUT2D eigenvalue weighted by atomic mass is 9.80. The lowest BCUT2D eigenvalue weighted by Gasteiger charge is -2.32. The number of rotatable bonds is 3. The molecule has 1 aromatic rings. The molecule has 0 aromatic heterocycles. The zero-order valence-corrected chi connectivity index (χ0v) is 11.3. The highest BCUT2D eigenvalue weighted by Crippen LogP contribution is 2.38. The van der Waals surface area contributed by atoms with Crippen molar-refractivity contribution < 1.29 is 8.78 Å². The van der Waals surface area contributed by atoms with Crippen LogP contribution in [0.15, 0.2) is 12.1 Å². The third-order valence-electron chi connectivity index (χ3n) is 3.79. The second kappa shape index (κ2) is 4.96. The molecule has 100 valence electrons. The lowest BCUT2D eigenvalue weighted by Crippen LogP contribution is -2.39. The van der Waals surface area contributed by atoms with Gasteiger partial charge in [0.15, 0.2) is 11.6 Å². The molecule has 18 heavy (non-hydrogen) atoms. The predicted molar refractivity (Wildman–Crippen MR) is 69.5 cm³/mol. The minimum Gasteiger partial charge on any atom is -0.307 e. The van der Waals surface area contributed by atoms with Gasteiger partial charge in [-0.3, -0.25) is 0 Å². The van der Waals surface area contributed by atoms with E-state index in [1.165, 1.54) is 0 Å². The molecular weight excluding hydrogens is 232 g/mol. The summed E-state index contributed by atoms with van der Waals surface area (Å²) in [5.41, 5.74) is 0.484. The van der Waals surface area contributed by atoms with E-state index in [4.69, 9.17) is 0 Å². The van der Waals surface area contributed by atoms with Crippen LogP contribution in [0.2, 0.25) is 0 Å². The monoisotopic (exact) mass is 253 g/mol. The van der Waals surface area contributed by atoms with Gasteiger partial charge >= 0.3 is 0 Å². The third-order valence-corrected chi connectivity index (χ3v) is 3.79. The van der Waals surface area contributed by atoms with E-state index in [-0.39, 0.29) is 5.54 Å². The standard InChI is InChI=1S/C15H21F2N/c1-10(2)9-15(7-4-8-18-15)12-6-5-11(3)13(16)14(12)17/h5-6,10,18H,4,7-9H2,1-3H3. The van der Waals surface area contributed by atoms with E-state index in [0.29, 0.717) is 17.0 Å². The second-order valence-corrected chi connectivity index (χ2v) is 5.77. The van der Waals surface area contributed by atoms with Gasteiger partial charge in [-0.2, -0.15) is 0 Å². The second-order valence-electron chi connectivity index (χ2n) is 5.77. The molecule has 1 heterocycles. The van der Waals surface area contributed by atoms with Crippen LogP contribution in [-0.4, -0.2) is 6.54 Å². The molecule has 1 fully saturated rings. The van der Waals surface area contributed by atoms with E-state index in [0.717, 1.165) is 25.8 Å². The number of halogens is 2. The fourth-order valence-corrected chi connectivity index (χ4v) is 3.03. The maximum atomic E-state index is 14.2. The van der Waals surface area contributed by atoms with Crippen molar-refractivity contribution in [2.75, 3.05) is 6.54 Å². The summed E-state index contributed by atoms with van der Waals surface area (Å²) in [6.45, 7) is 6.70. The number of hydrogen-bond acceptors (Lipinski definition) is 1. The first-order valence-electron chi connectivity index (χ1n) is 6.66. The highest BCUT2D eigenvalue weighted by Gasteiger charge is 2.38. The molecule has 2 rings (SSSR count). The molecule has 1 atom stereocenters. The molecule has 0 saturated carbocycles. The summed E-state index contributed by atoms with van der Waals surface area (Å²) in [7, 11) is 0. The summed E-state index contributed by atoms with van der Waals surface area (Å²) >= 11 is 0. The van der Waals surface area contributed by atoms with Gasteiger partial charge in [0.05, 0.1) is 0 Å². The Morgan fingerprint density at radius 1 is 1.28 bits per heavy atom. The summed E-state index contributed by atoms with van der Waals surface area (Å²) in [5, 5.41) is 3.40. The van der Waals surface area contributed by atoms with E-state index < -0.39 is 11.6 Å². The quantitative estimate of drug-likeness (QED) is 0.861. The molecule has 1 aliphatic rings. The molecule has 1 saturated heterocycles. The van der Waals surface area contributed by atoms with Crippen molar-refractivity contribution >= 4 is 0 Å². The predicted octanol–water partition coefficient (Wildman–Crippen LogP) is 3.90. The topological polar surface area (TPSA) is 12.0 Å². The first kappa shape index (κ1) is 13.5. The van der Waals surface area contributed by atoms with Crippen LogP contribution in [0.25, 0.3) is 0 Å². The van der Waals surface area contributed by atoms with Crippen LogP contribution in [0.5, 0.6) is 0 Å². The van der Waals surface area contributed by atoms with Crippen LogP contribution in [-0.2, 0) is 5.54 Å². The van der Waals surface area contributed by atoms with Crippen LogP contribution >= 0.6 is 0 Å². The molecule has 0 bridgehead atoms. The number of benzene rings is 1. The first-order valence-corrected chi connectivity index (χ1v) is 6.66. The highest BCUT2D eigenvalue weighted by atomic mass is 19.2. The number of hydrogen-bond donors (Lipinski definition) is 1. The van der Waals surface area contributed by atoms with Crippen molar-refractivity contribution in [2.24, 2.45) is 5.92 Å². The minimum absolute atomic E-state index is 0.369. The van der Waals surface area contributed by atoms with Gasteiger partial charge in [0.25, 0.3) is 0 Å². The van der Waals surface area contributed by atoms with Gasteiger partial charge in [-0.05, 0) is 44.2 Å². The highest BCUT2D eigenvalue weighted by molar-refractivity contribution is 5.32. The molecule has 1 N–H and O–H groups in total. The molecule has 0 radical (unpaired) electrons. The fourth-order valence-electron chi connectivity index (χ4n) is 3.03. The van der Waals surface area contributed by atoms with Crippen molar-refractivity contribution in [1.82, 2.24) is 5.32 Å². The molecule has 1 aromatic carbocycles. The zero-order valence-electron chi connectivity index (χ0n) is 11.3. The molecule has 1 unspecified atom stereocenters. The molecule has 3 heteroatoms. The molecule has 1 aliphatic heterocycles. The van der Waals surface area contributed by atoms with Gasteiger partial charge in [0.2, 0.25) is 0 Å². The van der Waals surface area contributed by atoms with E-state index in [9.17, 15) is 8.78 Å². The van der Waals surface area contributed by atoms with Crippen molar-refractivity contribution in [3.8, 4) is 0 Å². The fraction of sp³-hybridized carbons (Fsp3) is 0.600. The van der Waals surface area contributed by atoms with Crippen LogP contribution < -0.4 is 5.32 Å². The van der Waals surface area contributed by atoms with Gasteiger partial charge < -0.3 is 5.32 Å². The van der Waals surface area contributed by atoms with Crippen LogP contribution in [0.4, 0.5) is 8.78 Å². The Balaban J connectivity index is 2.46. The Kier molecular flexibility index (Phi) is 3.71. The molecule has 0 aliphatic carbocycles. The smallest absolute Gasteiger partial charge is 0.164 e. The normalized spacial score (nSPS) is 23.9. The average Bonchev–Trinajstić information content (AvgIpc) is 2.74. The zero-order chi connectivity index (χ0) is 13.3. The Hall–Kier alpha value is -0.960. The van der Waals surface area contributed by atoms with E-state index in [1.807, 2.05) is 0 Å². The summed E-state index contributed by atoms with van der Waals surface area (Å²) in [4.78, 5) is 0. The summed E-state index contributed by atoms with van der Waals surface area (Å²) in [5.74, 6) is -0.936. The third kappa shape index (κ3) is 2.28. The summed E-state index contributed by atoms with van der Waals surface area (Å²) in [6.07, 6.45) is 2.73. The molecule has 0 spiro atoms. The Morgan fingerprint density at radius 3 is 2.56 bits per heavy atom. The Labute approximate surface area is 108 Å². The molecular formula is C15H21F2N. The average molecular weight is 253 g/mol. The molecule has 0 amide bonds. The van der Waals surface area contributed by atoms with Crippen molar-refractivity contribution in [1.29, 1.82) is 0 Å². The van der Waals surface area contributed by atoms with Gasteiger partial charge in [0, 0.05) is 11.1 Å². The van der Waals surface area contributed by atoms with Crippen LogP contribution in [0.1, 0.15) is 44.2 Å². The minimum atomic E-state index is -0.704. The van der Waals surface area contributed by atoms with Gasteiger partial charge in [-0.1, -0.05) is 26.0 Å². The van der Waals surface area contributed by atoms with E-state index in [2.05, 4.69) is 19.2 Å².